The zero-order chi connectivity index (χ0) is 13.7. The molecule has 1 aromatic heterocycles. The highest BCUT2D eigenvalue weighted by Gasteiger charge is 2.06. The molecule has 0 aliphatic rings. The summed E-state index contributed by atoms with van der Waals surface area (Å²) in [5.74, 6) is 0.597. The molecule has 0 fully saturated rings. The second-order valence-corrected chi connectivity index (χ2v) is 6.02. The smallest absolute Gasteiger partial charge is 0.220 e. The summed E-state index contributed by atoms with van der Waals surface area (Å²) in [6, 6.07) is 5.92. The molecule has 0 bridgehead atoms. The lowest BCUT2D eigenvalue weighted by Gasteiger charge is -2.04. The van der Waals surface area contributed by atoms with E-state index in [1.165, 1.54) is 15.6 Å². The number of amides is 1. The van der Waals surface area contributed by atoms with Crippen LogP contribution in [0.4, 0.5) is 0 Å². The largest absolute Gasteiger partial charge is 0.356 e. The average Bonchev–Trinajstić information content (AvgIpc) is 2.79. The van der Waals surface area contributed by atoms with E-state index in [2.05, 4.69) is 10.7 Å². The van der Waals surface area contributed by atoms with Gasteiger partial charge in [-0.2, -0.15) is 0 Å². The van der Waals surface area contributed by atoms with Crippen molar-refractivity contribution < 1.29 is 4.79 Å². The van der Waals surface area contributed by atoms with Crippen LogP contribution in [-0.4, -0.2) is 18.3 Å². The summed E-state index contributed by atoms with van der Waals surface area (Å²) in [5, 5.41) is 6.98. The summed E-state index contributed by atoms with van der Waals surface area (Å²) in [7, 11) is 0. The van der Waals surface area contributed by atoms with Crippen molar-refractivity contribution in [2.75, 3.05) is 12.4 Å². The van der Waals surface area contributed by atoms with Crippen molar-refractivity contribution in [3.05, 3.63) is 34.2 Å². The zero-order valence-corrected chi connectivity index (χ0v) is 12.7. The van der Waals surface area contributed by atoms with Crippen LogP contribution >= 0.6 is 34.5 Å². The lowest BCUT2D eigenvalue weighted by atomic mass is 10.1. The standard InChI is InChI=1S/C14H15Cl2NOS/c15-6-1-2-14(18)17-7-5-10-9-19-13-4-3-11(16)8-12(10)13/h3-4,8-9H,1-2,5-7H2,(H,17,18). The van der Waals surface area contributed by atoms with E-state index in [4.69, 9.17) is 23.2 Å². The van der Waals surface area contributed by atoms with E-state index in [0.29, 0.717) is 18.8 Å². The molecule has 1 N–H and O–H groups in total. The number of alkyl halides is 1. The lowest BCUT2D eigenvalue weighted by Crippen LogP contribution is -2.25. The van der Waals surface area contributed by atoms with Gasteiger partial charge in [0.2, 0.25) is 5.91 Å². The number of hydrogen-bond donors (Lipinski definition) is 1. The Morgan fingerprint density at radius 1 is 1.37 bits per heavy atom. The van der Waals surface area contributed by atoms with Crippen LogP contribution in [0.15, 0.2) is 23.6 Å². The van der Waals surface area contributed by atoms with Crippen LogP contribution in [0.1, 0.15) is 18.4 Å². The third-order valence-corrected chi connectivity index (χ3v) is 4.38. The van der Waals surface area contributed by atoms with Crippen molar-refractivity contribution in [3.63, 3.8) is 0 Å². The number of halogens is 2. The van der Waals surface area contributed by atoms with Gasteiger partial charge in [-0.1, -0.05) is 11.6 Å². The normalized spacial score (nSPS) is 10.8. The SMILES string of the molecule is O=C(CCCCl)NCCc1csc2ccc(Cl)cc12. The molecule has 0 radical (unpaired) electrons. The van der Waals surface area contributed by atoms with Gasteiger partial charge in [0, 0.05) is 28.6 Å². The first-order valence-corrected chi connectivity index (χ1v) is 7.98. The Kier molecular flexibility index (Phi) is 5.49. The summed E-state index contributed by atoms with van der Waals surface area (Å²) >= 11 is 13.3. The van der Waals surface area contributed by atoms with Crippen LogP contribution in [0.3, 0.4) is 0 Å². The Bertz CT molecular complexity index is 568. The summed E-state index contributed by atoms with van der Waals surface area (Å²) in [6.45, 7) is 0.652. The second-order valence-electron chi connectivity index (χ2n) is 4.29. The first kappa shape index (κ1) is 14.6. The fraction of sp³-hybridized carbons (Fsp3) is 0.357. The molecule has 0 saturated carbocycles. The van der Waals surface area contributed by atoms with Gasteiger partial charge in [-0.15, -0.1) is 22.9 Å². The van der Waals surface area contributed by atoms with E-state index in [0.717, 1.165) is 17.9 Å². The third kappa shape index (κ3) is 4.10. The fourth-order valence-corrected chi connectivity index (χ4v) is 3.18. The molecule has 0 atom stereocenters. The third-order valence-electron chi connectivity index (χ3n) is 2.87. The Morgan fingerprint density at radius 3 is 3.00 bits per heavy atom. The van der Waals surface area contributed by atoms with Crippen LogP contribution in [0.5, 0.6) is 0 Å². The Morgan fingerprint density at radius 2 is 2.21 bits per heavy atom. The minimum absolute atomic E-state index is 0.0678. The first-order chi connectivity index (χ1) is 9.20. The van der Waals surface area contributed by atoms with Crippen molar-refractivity contribution >= 4 is 50.5 Å². The van der Waals surface area contributed by atoms with Crippen molar-refractivity contribution in [1.29, 1.82) is 0 Å². The number of fused-ring (bicyclic) bond motifs is 1. The summed E-state index contributed by atoms with van der Waals surface area (Å²) in [4.78, 5) is 11.5. The number of benzene rings is 1. The number of rotatable bonds is 6. The Balaban J connectivity index is 1.91. The van der Waals surface area contributed by atoms with Gasteiger partial charge in [0.15, 0.2) is 0 Å². The van der Waals surface area contributed by atoms with Crippen molar-refractivity contribution in [2.24, 2.45) is 0 Å². The van der Waals surface area contributed by atoms with E-state index < -0.39 is 0 Å². The van der Waals surface area contributed by atoms with E-state index in [-0.39, 0.29) is 5.91 Å². The van der Waals surface area contributed by atoms with Crippen LogP contribution in [0.2, 0.25) is 5.02 Å². The molecular weight excluding hydrogens is 301 g/mol. The molecule has 1 heterocycles. The fourth-order valence-electron chi connectivity index (χ4n) is 1.90. The number of carbonyl (C=O) groups excluding carboxylic acids is 1. The highest BCUT2D eigenvalue weighted by Crippen LogP contribution is 2.28. The van der Waals surface area contributed by atoms with E-state index in [1.807, 2.05) is 18.2 Å². The number of hydrogen-bond acceptors (Lipinski definition) is 2. The molecule has 2 rings (SSSR count). The van der Waals surface area contributed by atoms with E-state index in [9.17, 15) is 4.79 Å². The maximum absolute atomic E-state index is 11.5. The Labute approximate surface area is 126 Å². The van der Waals surface area contributed by atoms with Gasteiger partial charge in [-0.25, -0.2) is 0 Å². The van der Waals surface area contributed by atoms with Crippen molar-refractivity contribution in [2.45, 2.75) is 19.3 Å². The average molecular weight is 316 g/mol. The number of carbonyl (C=O) groups is 1. The maximum Gasteiger partial charge on any atom is 0.220 e. The lowest BCUT2D eigenvalue weighted by molar-refractivity contribution is -0.121. The molecule has 2 nitrogen and oxygen atoms in total. The predicted molar refractivity (Wildman–Crippen MR) is 83.5 cm³/mol. The molecule has 2 aromatic rings. The van der Waals surface area contributed by atoms with Gasteiger partial charge < -0.3 is 5.32 Å². The molecule has 0 unspecified atom stereocenters. The summed E-state index contributed by atoms with van der Waals surface area (Å²) in [6.07, 6.45) is 2.05. The monoisotopic (exact) mass is 315 g/mol. The van der Waals surface area contributed by atoms with Gasteiger partial charge in [-0.3, -0.25) is 4.79 Å². The van der Waals surface area contributed by atoms with Crippen molar-refractivity contribution in [3.8, 4) is 0 Å². The Hall–Kier alpha value is -0.770. The summed E-state index contributed by atoms with van der Waals surface area (Å²) < 4.78 is 1.23. The van der Waals surface area contributed by atoms with Gasteiger partial charge in [0.25, 0.3) is 0 Å². The van der Waals surface area contributed by atoms with Gasteiger partial charge in [0.05, 0.1) is 0 Å². The molecule has 102 valence electrons. The molecule has 0 aliphatic heterocycles. The van der Waals surface area contributed by atoms with E-state index in [1.54, 1.807) is 11.3 Å². The minimum Gasteiger partial charge on any atom is -0.356 e. The molecular formula is C14H15Cl2NOS. The number of nitrogens with one attached hydrogen (secondary N) is 1. The summed E-state index contributed by atoms with van der Waals surface area (Å²) in [5.41, 5.74) is 1.24. The van der Waals surface area contributed by atoms with Crippen LogP contribution in [-0.2, 0) is 11.2 Å². The number of thiophene rings is 1. The highest BCUT2D eigenvalue weighted by atomic mass is 35.5. The first-order valence-electron chi connectivity index (χ1n) is 6.19. The molecule has 5 heteroatoms. The van der Waals surface area contributed by atoms with Crippen LogP contribution < -0.4 is 5.32 Å². The predicted octanol–water partition coefficient (Wildman–Crippen LogP) is 4.23. The molecule has 0 spiro atoms. The zero-order valence-electron chi connectivity index (χ0n) is 10.4. The highest BCUT2D eigenvalue weighted by molar-refractivity contribution is 7.17. The molecule has 1 aromatic carbocycles. The topological polar surface area (TPSA) is 29.1 Å². The van der Waals surface area contributed by atoms with Crippen LogP contribution in [0.25, 0.3) is 10.1 Å². The second kappa shape index (κ2) is 7.13. The maximum atomic E-state index is 11.5. The van der Waals surface area contributed by atoms with E-state index >= 15 is 0 Å². The van der Waals surface area contributed by atoms with Gasteiger partial charge in [0.1, 0.15) is 0 Å². The quantitative estimate of drug-likeness (QED) is 0.794. The molecule has 0 saturated heterocycles. The van der Waals surface area contributed by atoms with Crippen LogP contribution in [0, 0.1) is 0 Å². The van der Waals surface area contributed by atoms with Gasteiger partial charge >= 0.3 is 0 Å². The van der Waals surface area contributed by atoms with Crippen molar-refractivity contribution in [1.82, 2.24) is 5.32 Å². The van der Waals surface area contributed by atoms with Gasteiger partial charge in [-0.05, 0) is 47.4 Å². The molecule has 1 amide bonds. The molecule has 0 aliphatic carbocycles. The molecule has 19 heavy (non-hydrogen) atoms. The minimum atomic E-state index is 0.0678.